The SMILES string of the molecule is Cc1cc(C)c(C#N)c(SCc2nc3ccccc3nc2Cl)n1. The lowest BCUT2D eigenvalue weighted by molar-refractivity contribution is 1.03. The first-order valence-electron chi connectivity index (χ1n) is 7.01. The number of thioether (sulfide) groups is 1. The van der Waals surface area contributed by atoms with Crippen molar-refractivity contribution in [1.82, 2.24) is 15.0 Å². The number of rotatable bonds is 3. The van der Waals surface area contributed by atoms with E-state index in [9.17, 15) is 5.26 Å². The first kappa shape index (κ1) is 15.7. The van der Waals surface area contributed by atoms with Crippen LogP contribution in [0.15, 0.2) is 35.4 Å². The van der Waals surface area contributed by atoms with Crippen LogP contribution in [0.25, 0.3) is 11.0 Å². The largest absolute Gasteiger partial charge is 0.247 e. The zero-order chi connectivity index (χ0) is 16.4. The topological polar surface area (TPSA) is 62.5 Å². The van der Waals surface area contributed by atoms with Gasteiger partial charge in [0, 0.05) is 11.4 Å². The highest BCUT2D eigenvalue weighted by molar-refractivity contribution is 7.98. The minimum absolute atomic E-state index is 0.388. The molecular formula is C17H13ClN4S. The van der Waals surface area contributed by atoms with Crippen LogP contribution >= 0.6 is 23.4 Å². The molecule has 6 heteroatoms. The Morgan fingerprint density at radius 1 is 1.13 bits per heavy atom. The maximum Gasteiger partial charge on any atom is 0.152 e. The van der Waals surface area contributed by atoms with E-state index in [1.807, 2.05) is 44.2 Å². The summed E-state index contributed by atoms with van der Waals surface area (Å²) >= 11 is 7.69. The van der Waals surface area contributed by atoms with Gasteiger partial charge in [-0.3, -0.25) is 0 Å². The molecule has 23 heavy (non-hydrogen) atoms. The van der Waals surface area contributed by atoms with Gasteiger partial charge in [-0.25, -0.2) is 15.0 Å². The van der Waals surface area contributed by atoms with Crippen molar-refractivity contribution in [2.75, 3.05) is 0 Å². The Balaban J connectivity index is 1.92. The first-order valence-corrected chi connectivity index (χ1v) is 8.37. The lowest BCUT2D eigenvalue weighted by Crippen LogP contribution is -1.97. The van der Waals surface area contributed by atoms with Crippen molar-refractivity contribution in [2.24, 2.45) is 0 Å². The molecule has 2 aromatic heterocycles. The van der Waals surface area contributed by atoms with Crippen LogP contribution in [0.1, 0.15) is 22.5 Å². The van der Waals surface area contributed by atoms with Crippen molar-refractivity contribution < 1.29 is 0 Å². The summed E-state index contributed by atoms with van der Waals surface area (Å²) < 4.78 is 0. The van der Waals surface area contributed by atoms with E-state index in [2.05, 4.69) is 21.0 Å². The molecule has 0 atom stereocenters. The number of aryl methyl sites for hydroxylation is 2. The molecule has 3 rings (SSSR count). The predicted octanol–water partition coefficient (Wildman–Crippen LogP) is 4.46. The van der Waals surface area contributed by atoms with Gasteiger partial charge in [0.15, 0.2) is 5.15 Å². The van der Waals surface area contributed by atoms with Crippen molar-refractivity contribution in [3.05, 3.63) is 58.0 Å². The second-order valence-corrected chi connectivity index (χ2v) is 6.43. The van der Waals surface area contributed by atoms with Crippen molar-refractivity contribution in [1.29, 1.82) is 5.26 Å². The van der Waals surface area contributed by atoms with Gasteiger partial charge in [-0.1, -0.05) is 35.5 Å². The summed E-state index contributed by atoms with van der Waals surface area (Å²) in [5.74, 6) is 0.515. The van der Waals surface area contributed by atoms with Crippen LogP contribution in [0, 0.1) is 25.2 Å². The molecule has 114 valence electrons. The monoisotopic (exact) mass is 340 g/mol. The van der Waals surface area contributed by atoms with E-state index in [1.165, 1.54) is 11.8 Å². The third kappa shape index (κ3) is 3.29. The van der Waals surface area contributed by atoms with Gasteiger partial charge in [0.05, 0.1) is 22.3 Å². The zero-order valence-corrected chi connectivity index (χ0v) is 14.2. The molecule has 0 fully saturated rings. The van der Waals surface area contributed by atoms with E-state index in [0.717, 1.165) is 22.3 Å². The van der Waals surface area contributed by atoms with Gasteiger partial charge in [-0.2, -0.15) is 5.26 Å². The highest BCUT2D eigenvalue weighted by Gasteiger charge is 2.12. The number of nitriles is 1. The number of pyridine rings is 1. The quantitative estimate of drug-likeness (QED) is 0.659. The Bertz CT molecular complexity index is 934. The third-order valence-corrected chi connectivity index (χ3v) is 4.65. The summed E-state index contributed by atoms with van der Waals surface area (Å²) in [7, 11) is 0. The van der Waals surface area contributed by atoms with Crippen LogP contribution in [0.2, 0.25) is 5.15 Å². The molecule has 0 aliphatic carbocycles. The minimum Gasteiger partial charge on any atom is -0.247 e. The lowest BCUT2D eigenvalue weighted by Gasteiger charge is -2.08. The molecule has 0 aliphatic heterocycles. The Morgan fingerprint density at radius 2 is 1.83 bits per heavy atom. The summed E-state index contributed by atoms with van der Waals surface area (Å²) in [5.41, 5.74) is 4.69. The summed E-state index contributed by atoms with van der Waals surface area (Å²) in [6.07, 6.45) is 0. The van der Waals surface area contributed by atoms with Gasteiger partial charge >= 0.3 is 0 Å². The smallest absolute Gasteiger partial charge is 0.152 e. The van der Waals surface area contributed by atoms with Crippen LogP contribution in [-0.4, -0.2) is 15.0 Å². The van der Waals surface area contributed by atoms with Gasteiger partial charge in [0.1, 0.15) is 11.1 Å². The molecule has 1 aromatic carbocycles. The van der Waals surface area contributed by atoms with Gasteiger partial charge in [0.2, 0.25) is 0 Å². The maximum atomic E-state index is 9.33. The molecule has 0 bridgehead atoms. The zero-order valence-electron chi connectivity index (χ0n) is 12.7. The minimum atomic E-state index is 0.388. The van der Waals surface area contributed by atoms with E-state index in [0.29, 0.717) is 27.2 Å². The number of para-hydroxylation sites is 2. The van der Waals surface area contributed by atoms with E-state index >= 15 is 0 Å². The summed E-state index contributed by atoms with van der Waals surface area (Å²) in [5, 5.41) is 10.4. The molecule has 0 amide bonds. The average Bonchev–Trinajstić information content (AvgIpc) is 2.52. The van der Waals surface area contributed by atoms with Gasteiger partial charge in [0.25, 0.3) is 0 Å². The molecule has 0 aliphatic rings. The summed E-state index contributed by atoms with van der Waals surface area (Å²) in [6, 6.07) is 11.7. The summed E-state index contributed by atoms with van der Waals surface area (Å²) in [4.78, 5) is 13.4. The number of hydrogen-bond donors (Lipinski definition) is 0. The number of benzene rings is 1. The standard InChI is InChI=1S/C17H13ClN4S/c1-10-7-11(2)20-17(12(10)8-19)23-9-15-16(18)22-14-6-4-3-5-13(14)21-15/h3-7H,9H2,1-2H3. The molecule has 2 heterocycles. The predicted molar refractivity (Wildman–Crippen MR) is 92.5 cm³/mol. The van der Waals surface area contributed by atoms with E-state index in [4.69, 9.17) is 11.6 Å². The van der Waals surface area contributed by atoms with Crippen LogP contribution in [0.3, 0.4) is 0 Å². The molecule has 0 saturated heterocycles. The molecule has 0 unspecified atom stereocenters. The van der Waals surface area contributed by atoms with Gasteiger partial charge in [-0.05, 0) is 37.6 Å². The van der Waals surface area contributed by atoms with Gasteiger partial charge < -0.3 is 0 Å². The van der Waals surface area contributed by atoms with Crippen LogP contribution in [0.5, 0.6) is 0 Å². The highest BCUT2D eigenvalue weighted by atomic mass is 35.5. The van der Waals surface area contributed by atoms with Crippen molar-refractivity contribution in [2.45, 2.75) is 24.6 Å². The number of halogens is 1. The fourth-order valence-corrected chi connectivity index (χ4v) is 3.60. The lowest BCUT2D eigenvalue weighted by atomic mass is 10.1. The first-order chi connectivity index (χ1) is 11.1. The van der Waals surface area contributed by atoms with Crippen LogP contribution < -0.4 is 0 Å². The molecule has 0 spiro atoms. The normalized spacial score (nSPS) is 10.7. The van der Waals surface area contributed by atoms with Gasteiger partial charge in [-0.15, -0.1) is 0 Å². The van der Waals surface area contributed by atoms with Crippen molar-refractivity contribution >= 4 is 34.4 Å². The maximum absolute atomic E-state index is 9.33. The highest BCUT2D eigenvalue weighted by Crippen LogP contribution is 2.28. The Kier molecular flexibility index (Phi) is 4.46. The molecule has 0 N–H and O–H groups in total. The van der Waals surface area contributed by atoms with Crippen LogP contribution in [-0.2, 0) is 5.75 Å². The van der Waals surface area contributed by atoms with Crippen molar-refractivity contribution in [3.8, 4) is 6.07 Å². The van der Waals surface area contributed by atoms with E-state index in [-0.39, 0.29) is 0 Å². The molecule has 0 radical (unpaired) electrons. The Hall–Kier alpha value is -2.16. The van der Waals surface area contributed by atoms with E-state index in [1.54, 1.807) is 0 Å². The number of fused-ring (bicyclic) bond motifs is 1. The third-order valence-electron chi connectivity index (χ3n) is 3.36. The average molecular weight is 341 g/mol. The second kappa shape index (κ2) is 6.53. The summed E-state index contributed by atoms with van der Waals surface area (Å²) in [6.45, 7) is 3.83. The fraction of sp³-hybridized carbons (Fsp3) is 0.176. The second-order valence-electron chi connectivity index (χ2n) is 5.11. The molecule has 3 aromatic rings. The molecular weight excluding hydrogens is 328 g/mol. The molecule has 4 nitrogen and oxygen atoms in total. The number of nitrogens with zero attached hydrogens (tertiary/aromatic N) is 4. The van der Waals surface area contributed by atoms with Crippen molar-refractivity contribution in [3.63, 3.8) is 0 Å². The Morgan fingerprint density at radius 3 is 2.52 bits per heavy atom. The molecule has 0 saturated carbocycles. The van der Waals surface area contributed by atoms with E-state index < -0.39 is 0 Å². The number of aromatic nitrogens is 3. The Labute approximate surface area is 143 Å². The van der Waals surface area contributed by atoms with Crippen LogP contribution in [0.4, 0.5) is 0 Å². The fourth-order valence-electron chi connectivity index (χ4n) is 2.29. The number of hydrogen-bond acceptors (Lipinski definition) is 5.